The first-order valence-electron chi connectivity index (χ1n) is 19.7. The van der Waals surface area contributed by atoms with Gasteiger partial charge in [0.05, 0.1) is 12.5 Å². The first kappa shape index (κ1) is 48.0. The van der Waals surface area contributed by atoms with Crippen LogP contribution in [0.15, 0.2) is 97.1 Å². The molecular formula is C44H51N7O12. The van der Waals surface area contributed by atoms with Crippen molar-refractivity contribution in [1.82, 2.24) is 26.6 Å². The molecule has 63 heavy (non-hydrogen) atoms. The molecule has 4 aromatic carbocycles. The lowest BCUT2D eigenvalue weighted by Gasteiger charge is -2.27. The maximum Gasteiger partial charge on any atom is 0.326 e. The Morgan fingerprint density at radius 1 is 0.492 bits per heavy atom. The van der Waals surface area contributed by atoms with Gasteiger partial charge in [-0.05, 0) is 83.1 Å². The van der Waals surface area contributed by atoms with E-state index in [0.29, 0.717) is 11.1 Å². The van der Waals surface area contributed by atoms with Crippen molar-refractivity contribution in [2.24, 2.45) is 17.4 Å². The fourth-order valence-electron chi connectivity index (χ4n) is 6.38. The Morgan fingerprint density at radius 2 is 0.841 bits per heavy atom. The topological polar surface area (TPSA) is 333 Å². The number of hydrogen-bond acceptors (Lipinski definition) is 12. The molecule has 0 saturated carbocycles. The molecule has 334 valence electrons. The third-order valence-electron chi connectivity index (χ3n) is 9.65. The van der Waals surface area contributed by atoms with E-state index in [1.165, 1.54) is 97.1 Å². The van der Waals surface area contributed by atoms with Crippen LogP contribution in [0.3, 0.4) is 0 Å². The molecule has 0 saturated heterocycles. The molecule has 4 aromatic rings. The molecular weight excluding hydrogens is 819 g/mol. The molecule has 6 amide bonds. The van der Waals surface area contributed by atoms with E-state index in [1.807, 2.05) is 13.8 Å². The van der Waals surface area contributed by atoms with Gasteiger partial charge in [-0.15, -0.1) is 0 Å². The lowest BCUT2D eigenvalue weighted by molar-refractivity contribution is -0.142. The average Bonchev–Trinajstić information content (AvgIpc) is 3.22. The van der Waals surface area contributed by atoms with Crippen LogP contribution in [0, 0.1) is 5.92 Å². The molecule has 4 rings (SSSR count). The molecule has 0 aliphatic rings. The van der Waals surface area contributed by atoms with Crippen molar-refractivity contribution in [2.45, 2.75) is 75.8 Å². The van der Waals surface area contributed by atoms with E-state index in [0.717, 1.165) is 0 Å². The van der Waals surface area contributed by atoms with E-state index in [-0.39, 0.29) is 59.3 Å². The van der Waals surface area contributed by atoms with Crippen molar-refractivity contribution in [3.63, 3.8) is 0 Å². The molecule has 14 N–H and O–H groups in total. The van der Waals surface area contributed by atoms with Gasteiger partial charge in [0.1, 0.15) is 53.2 Å². The summed E-state index contributed by atoms with van der Waals surface area (Å²) >= 11 is 0. The molecule has 0 fully saturated rings. The SMILES string of the molecule is CC(C)C[C@@H](N)C(=O)N[C@H](Cc1ccc(O)cc1)C(=O)N[C@@H](CC(N)=O)C(=O)N[C@@H](C(=O)N[C@@H](C(=O)N[C@@H](Cc1ccc(O)cc1)C(=O)O)c1ccc(O)cc1)c1ccc(O)cc1. The highest BCUT2D eigenvalue weighted by Gasteiger charge is 2.35. The summed E-state index contributed by atoms with van der Waals surface area (Å²) in [6, 6.07) is 12.3. The summed E-state index contributed by atoms with van der Waals surface area (Å²) in [5, 5.41) is 61.8. The maximum atomic E-state index is 14.3. The Kier molecular flexibility index (Phi) is 17.0. The number of hydrogen-bond donors (Lipinski definition) is 12. The molecule has 6 atom stereocenters. The van der Waals surface area contributed by atoms with Crippen molar-refractivity contribution in [3.8, 4) is 23.0 Å². The minimum absolute atomic E-state index is 0.0291. The number of aliphatic carboxylic acids is 1. The highest BCUT2D eigenvalue weighted by atomic mass is 16.4. The largest absolute Gasteiger partial charge is 0.508 e. The van der Waals surface area contributed by atoms with Gasteiger partial charge in [0.15, 0.2) is 0 Å². The van der Waals surface area contributed by atoms with Crippen molar-refractivity contribution >= 4 is 41.4 Å². The number of nitrogens with one attached hydrogen (secondary N) is 5. The van der Waals surface area contributed by atoms with E-state index >= 15 is 0 Å². The molecule has 0 radical (unpaired) electrons. The number of carbonyl (C=O) groups excluding carboxylic acids is 6. The number of phenolic OH excluding ortho intramolecular Hbond substituents is 4. The Bertz CT molecular complexity index is 2240. The van der Waals surface area contributed by atoms with Gasteiger partial charge in [-0.25, -0.2) is 4.79 Å². The normalized spacial score (nSPS) is 13.8. The van der Waals surface area contributed by atoms with E-state index in [9.17, 15) is 59.1 Å². The monoisotopic (exact) mass is 869 g/mol. The number of rotatable bonds is 21. The van der Waals surface area contributed by atoms with Crippen LogP contribution in [-0.2, 0) is 46.4 Å². The second-order valence-corrected chi connectivity index (χ2v) is 15.2. The summed E-state index contributed by atoms with van der Waals surface area (Å²) in [6.45, 7) is 3.70. The fourth-order valence-corrected chi connectivity index (χ4v) is 6.38. The van der Waals surface area contributed by atoms with Crippen LogP contribution in [0.1, 0.15) is 61.0 Å². The molecule has 0 bridgehead atoms. The fraction of sp³-hybridized carbons (Fsp3) is 0.295. The first-order chi connectivity index (χ1) is 29.8. The average molecular weight is 870 g/mol. The van der Waals surface area contributed by atoms with Gasteiger partial charge < -0.3 is 63.6 Å². The second kappa shape index (κ2) is 22.3. The summed E-state index contributed by atoms with van der Waals surface area (Å²) in [4.78, 5) is 94.0. The molecule has 19 heteroatoms. The van der Waals surface area contributed by atoms with Gasteiger partial charge in [-0.2, -0.15) is 0 Å². The highest BCUT2D eigenvalue weighted by Crippen LogP contribution is 2.23. The van der Waals surface area contributed by atoms with Crippen LogP contribution < -0.4 is 38.1 Å². The highest BCUT2D eigenvalue weighted by molar-refractivity contribution is 5.98. The molecule has 0 aliphatic heterocycles. The Morgan fingerprint density at radius 3 is 1.25 bits per heavy atom. The quantitative estimate of drug-likeness (QED) is 0.0552. The van der Waals surface area contributed by atoms with Crippen molar-refractivity contribution in [1.29, 1.82) is 0 Å². The zero-order valence-electron chi connectivity index (χ0n) is 34.4. The van der Waals surface area contributed by atoms with E-state index in [1.54, 1.807) is 0 Å². The van der Waals surface area contributed by atoms with Gasteiger partial charge in [0, 0.05) is 12.8 Å². The van der Waals surface area contributed by atoms with Crippen LogP contribution in [0.25, 0.3) is 0 Å². The molecule has 0 heterocycles. The van der Waals surface area contributed by atoms with Gasteiger partial charge in [0.25, 0.3) is 0 Å². The molecule has 0 spiro atoms. The van der Waals surface area contributed by atoms with E-state index < -0.39 is 84.1 Å². The molecule has 19 nitrogen and oxygen atoms in total. The minimum atomic E-state index is -1.75. The first-order valence-corrected chi connectivity index (χ1v) is 19.7. The maximum absolute atomic E-state index is 14.3. The third kappa shape index (κ3) is 14.8. The van der Waals surface area contributed by atoms with Crippen LogP contribution in [-0.4, -0.2) is 91.1 Å². The Labute approximate surface area is 361 Å². The number of primary amides is 1. The molecule has 0 aliphatic carbocycles. The summed E-state index contributed by atoms with van der Waals surface area (Å²) < 4.78 is 0. The lowest BCUT2D eigenvalue weighted by Crippen LogP contribution is -2.58. The number of amides is 6. The zero-order chi connectivity index (χ0) is 46.4. The summed E-state index contributed by atoms with van der Waals surface area (Å²) in [5.74, 6) is -7.77. The predicted octanol–water partition coefficient (Wildman–Crippen LogP) is 0.797. The number of carbonyl (C=O) groups is 7. The van der Waals surface area contributed by atoms with Crippen LogP contribution in [0.4, 0.5) is 0 Å². The summed E-state index contributed by atoms with van der Waals surface area (Å²) in [7, 11) is 0. The van der Waals surface area contributed by atoms with E-state index in [2.05, 4.69) is 26.6 Å². The van der Waals surface area contributed by atoms with Crippen molar-refractivity contribution in [3.05, 3.63) is 119 Å². The number of benzene rings is 4. The number of carboxylic acids is 1. The van der Waals surface area contributed by atoms with Crippen LogP contribution in [0.5, 0.6) is 23.0 Å². The van der Waals surface area contributed by atoms with Crippen LogP contribution in [0.2, 0.25) is 0 Å². The smallest absolute Gasteiger partial charge is 0.326 e. The zero-order valence-corrected chi connectivity index (χ0v) is 34.4. The minimum Gasteiger partial charge on any atom is -0.508 e. The Hall–Kier alpha value is -7.67. The standard InChI is InChI=1S/C44H51N7O12/c1-23(2)19-32(45)39(57)47-33(20-24-3-11-28(52)12-4-24)40(58)48-34(22-36(46)56)41(59)50-38(27-9-17-31(55)18-10-27)43(61)51-37(26-7-15-30(54)16-8-26)42(60)49-35(44(62)63)21-25-5-13-29(53)14-6-25/h3-18,23,32-35,37-38,52-55H,19-22,45H2,1-2H3,(H2,46,56)(H,47,57)(H,48,58)(H,49,60)(H,50,59)(H,51,61)(H,62,63)/t32-,33-,34+,35+,37-,38-/m1/s1. The number of aromatic hydroxyl groups is 4. The lowest BCUT2D eigenvalue weighted by atomic mass is 10.0. The van der Waals surface area contributed by atoms with E-state index in [4.69, 9.17) is 11.5 Å². The van der Waals surface area contributed by atoms with Crippen molar-refractivity contribution < 1.29 is 59.1 Å². The number of nitrogens with two attached hydrogens (primary N) is 2. The van der Waals surface area contributed by atoms with Crippen LogP contribution >= 0.6 is 0 Å². The van der Waals surface area contributed by atoms with Gasteiger partial charge >= 0.3 is 5.97 Å². The molecule has 0 aromatic heterocycles. The van der Waals surface area contributed by atoms with Gasteiger partial charge in [0.2, 0.25) is 35.4 Å². The third-order valence-corrected chi connectivity index (χ3v) is 9.65. The second-order valence-electron chi connectivity index (χ2n) is 15.2. The Balaban J connectivity index is 1.65. The van der Waals surface area contributed by atoms with Crippen molar-refractivity contribution in [2.75, 3.05) is 0 Å². The summed E-state index contributed by atoms with van der Waals surface area (Å²) in [6.07, 6.45) is -0.874. The number of carboxylic acid groups (broad SMARTS) is 1. The summed E-state index contributed by atoms with van der Waals surface area (Å²) in [5.41, 5.74) is 12.6. The number of phenols is 4. The van der Waals surface area contributed by atoms with Gasteiger partial charge in [-0.1, -0.05) is 62.4 Å². The van der Waals surface area contributed by atoms with Gasteiger partial charge in [-0.3, -0.25) is 28.8 Å². The molecule has 0 unspecified atom stereocenters. The predicted molar refractivity (Wildman–Crippen MR) is 226 cm³/mol.